The van der Waals surface area contributed by atoms with Crippen LogP contribution in [0.15, 0.2) is 41.8 Å². The summed E-state index contributed by atoms with van der Waals surface area (Å²) in [5.74, 6) is -0.282. The largest absolute Gasteiger partial charge is 0.355 e. The van der Waals surface area contributed by atoms with Crippen molar-refractivity contribution in [2.45, 2.75) is 6.54 Å². The molecule has 1 aromatic carbocycles. The molecule has 0 saturated carbocycles. The van der Waals surface area contributed by atoms with Gasteiger partial charge in [0.15, 0.2) is 0 Å². The maximum Gasteiger partial charge on any atom is 0.257 e. The molecule has 23 heavy (non-hydrogen) atoms. The number of carbonyl (C=O) groups is 1. The van der Waals surface area contributed by atoms with Crippen molar-refractivity contribution in [3.8, 4) is 6.07 Å². The Morgan fingerprint density at radius 3 is 2.65 bits per heavy atom. The van der Waals surface area contributed by atoms with Crippen LogP contribution in [-0.2, 0) is 6.54 Å². The first-order valence-electron chi connectivity index (χ1n) is 6.66. The molecule has 0 radical (unpaired) electrons. The number of nitrogens with zero attached hydrogens (tertiary/aromatic N) is 3. The van der Waals surface area contributed by atoms with E-state index in [0.29, 0.717) is 27.9 Å². The lowest BCUT2D eigenvalue weighted by Gasteiger charge is -2.01. The summed E-state index contributed by atoms with van der Waals surface area (Å²) >= 11 is 2.93. The fraction of sp³-hybridized carbons (Fsp3) is 0.0667. The quantitative estimate of drug-likeness (QED) is 0.743. The molecule has 0 atom stereocenters. The third-order valence-electron chi connectivity index (χ3n) is 2.92. The highest BCUT2D eigenvalue weighted by atomic mass is 32.1. The van der Waals surface area contributed by atoms with Gasteiger partial charge in [0.25, 0.3) is 5.91 Å². The van der Waals surface area contributed by atoms with E-state index in [1.165, 1.54) is 16.2 Å². The van der Waals surface area contributed by atoms with Gasteiger partial charge in [-0.15, -0.1) is 21.5 Å². The van der Waals surface area contributed by atoms with E-state index in [-0.39, 0.29) is 5.91 Å². The van der Waals surface area contributed by atoms with Crippen molar-refractivity contribution in [3.05, 3.63) is 57.8 Å². The van der Waals surface area contributed by atoms with E-state index >= 15 is 0 Å². The van der Waals surface area contributed by atoms with Gasteiger partial charge in [-0.05, 0) is 35.7 Å². The van der Waals surface area contributed by atoms with Crippen LogP contribution >= 0.6 is 22.7 Å². The molecule has 3 aromatic rings. The van der Waals surface area contributed by atoms with Crippen molar-refractivity contribution in [2.24, 2.45) is 0 Å². The average molecular weight is 341 g/mol. The number of nitrogens with one attached hydrogen (secondary N) is 2. The molecule has 6 nitrogen and oxygen atoms in total. The Kier molecular flexibility index (Phi) is 4.61. The predicted octanol–water partition coefficient (Wildman–Crippen LogP) is 3.34. The summed E-state index contributed by atoms with van der Waals surface area (Å²) in [5.41, 5.74) is 0.977. The summed E-state index contributed by atoms with van der Waals surface area (Å²) in [6, 6.07) is 12.4. The topological polar surface area (TPSA) is 90.7 Å². The van der Waals surface area contributed by atoms with Gasteiger partial charge in [0, 0.05) is 10.4 Å². The summed E-state index contributed by atoms with van der Waals surface area (Å²) in [7, 11) is 0. The second-order valence-corrected chi connectivity index (χ2v) is 6.50. The van der Waals surface area contributed by atoms with Crippen LogP contribution in [0.25, 0.3) is 0 Å². The lowest BCUT2D eigenvalue weighted by molar-refractivity contribution is 0.102. The zero-order valence-corrected chi connectivity index (χ0v) is 13.4. The highest BCUT2D eigenvalue weighted by Gasteiger charge is 2.10. The van der Waals surface area contributed by atoms with Crippen molar-refractivity contribution >= 4 is 38.8 Å². The first kappa shape index (κ1) is 15.1. The van der Waals surface area contributed by atoms with Gasteiger partial charge < -0.3 is 5.32 Å². The van der Waals surface area contributed by atoms with E-state index < -0.39 is 0 Å². The Morgan fingerprint density at radius 2 is 1.96 bits per heavy atom. The molecule has 0 spiro atoms. The Balaban J connectivity index is 1.59. The minimum Gasteiger partial charge on any atom is -0.355 e. The lowest BCUT2D eigenvalue weighted by Crippen LogP contribution is -2.11. The number of carbonyl (C=O) groups excluding carboxylic acids is 1. The second-order valence-electron chi connectivity index (χ2n) is 4.49. The molecule has 3 rings (SSSR count). The zero-order chi connectivity index (χ0) is 16.1. The number of thiophene rings is 1. The number of amides is 1. The summed E-state index contributed by atoms with van der Waals surface area (Å²) < 4.78 is 0. The van der Waals surface area contributed by atoms with Gasteiger partial charge in [-0.1, -0.05) is 17.4 Å². The summed E-state index contributed by atoms with van der Waals surface area (Å²) in [6.45, 7) is 0.676. The fourth-order valence-electron chi connectivity index (χ4n) is 1.79. The Morgan fingerprint density at radius 1 is 1.17 bits per heavy atom. The second kappa shape index (κ2) is 7.00. The smallest absolute Gasteiger partial charge is 0.257 e. The molecule has 0 aliphatic rings. The predicted molar refractivity (Wildman–Crippen MR) is 90.7 cm³/mol. The van der Waals surface area contributed by atoms with Crippen LogP contribution < -0.4 is 10.6 Å². The number of hydrogen-bond donors (Lipinski definition) is 2. The lowest BCUT2D eigenvalue weighted by atomic mass is 10.1. The molecule has 1 amide bonds. The van der Waals surface area contributed by atoms with Crippen molar-refractivity contribution in [2.75, 3.05) is 10.6 Å². The first-order valence-corrected chi connectivity index (χ1v) is 8.35. The third-order valence-corrected chi connectivity index (χ3v) is 4.59. The molecule has 0 saturated heterocycles. The minimum absolute atomic E-state index is 0.282. The van der Waals surface area contributed by atoms with Crippen LogP contribution in [0.2, 0.25) is 0 Å². The van der Waals surface area contributed by atoms with Gasteiger partial charge in [0.2, 0.25) is 10.3 Å². The summed E-state index contributed by atoms with van der Waals surface area (Å²) in [6.07, 6.45) is 0. The summed E-state index contributed by atoms with van der Waals surface area (Å²) in [5, 5.41) is 25.6. The molecular formula is C15H11N5OS2. The molecule has 8 heteroatoms. The molecular weight excluding hydrogens is 330 g/mol. The van der Waals surface area contributed by atoms with Gasteiger partial charge in [0.1, 0.15) is 0 Å². The van der Waals surface area contributed by atoms with Crippen molar-refractivity contribution < 1.29 is 4.79 Å². The number of benzene rings is 1. The standard InChI is InChI=1S/C15H11N5OS2/c16-8-10-3-5-11(6-4-10)13(21)18-15-20-19-14(23-15)17-9-12-2-1-7-22-12/h1-7H,9H2,(H,17,19)(H,18,20,21). The highest BCUT2D eigenvalue weighted by Crippen LogP contribution is 2.22. The van der Waals surface area contributed by atoms with Crippen LogP contribution in [-0.4, -0.2) is 16.1 Å². The Labute approximate surface area is 140 Å². The minimum atomic E-state index is -0.282. The monoisotopic (exact) mass is 341 g/mol. The van der Waals surface area contributed by atoms with Gasteiger partial charge in [-0.25, -0.2) is 0 Å². The van der Waals surface area contributed by atoms with E-state index in [1.54, 1.807) is 35.6 Å². The van der Waals surface area contributed by atoms with Crippen LogP contribution in [0.4, 0.5) is 10.3 Å². The van der Waals surface area contributed by atoms with Crippen LogP contribution in [0.5, 0.6) is 0 Å². The molecule has 2 N–H and O–H groups in total. The van der Waals surface area contributed by atoms with Crippen molar-refractivity contribution in [1.82, 2.24) is 10.2 Å². The Bertz CT molecular complexity index is 834. The number of rotatable bonds is 5. The van der Waals surface area contributed by atoms with Crippen LogP contribution in [0.1, 0.15) is 20.8 Å². The van der Waals surface area contributed by atoms with E-state index in [2.05, 4.69) is 20.8 Å². The van der Waals surface area contributed by atoms with Gasteiger partial charge in [-0.2, -0.15) is 5.26 Å². The molecule has 0 aliphatic heterocycles. The maximum atomic E-state index is 12.1. The maximum absolute atomic E-state index is 12.1. The molecule has 0 bridgehead atoms. The van der Waals surface area contributed by atoms with E-state index in [9.17, 15) is 4.79 Å². The summed E-state index contributed by atoms with van der Waals surface area (Å²) in [4.78, 5) is 13.3. The van der Waals surface area contributed by atoms with E-state index in [0.717, 1.165) is 0 Å². The van der Waals surface area contributed by atoms with E-state index in [1.807, 2.05) is 23.6 Å². The van der Waals surface area contributed by atoms with Gasteiger partial charge in [-0.3, -0.25) is 10.1 Å². The van der Waals surface area contributed by atoms with Gasteiger partial charge in [0.05, 0.1) is 18.2 Å². The number of anilines is 2. The molecule has 2 heterocycles. The van der Waals surface area contributed by atoms with Crippen molar-refractivity contribution in [3.63, 3.8) is 0 Å². The molecule has 2 aromatic heterocycles. The zero-order valence-electron chi connectivity index (χ0n) is 11.8. The molecule has 0 fully saturated rings. The first-order chi connectivity index (χ1) is 11.2. The number of hydrogen-bond acceptors (Lipinski definition) is 7. The Hall–Kier alpha value is -2.76. The number of nitriles is 1. The fourth-order valence-corrected chi connectivity index (χ4v) is 3.07. The van der Waals surface area contributed by atoms with E-state index in [4.69, 9.17) is 5.26 Å². The van der Waals surface area contributed by atoms with Crippen molar-refractivity contribution in [1.29, 1.82) is 5.26 Å². The number of aromatic nitrogens is 2. The molecule has 114 valence electrons. The normalized spacial score (nSPS) is 10.0. The SMILES string of the molecule is N#Cc1ccc(C(=O)Nc2nnc(NCc3cccs3)s2)cc1. The van der Waals surface area contributed by atoms with Crippen LogP contribution in [0, 0.1) is 11.3 Å². The highest BCUT2D eigenvalue weighted by molar-refractivity contribution is 7.19. The molecule has 0 aliphatic carbocycles. The third kappa shape index (κ3) is 3.91. The van der Waals surface area contributed by atoms with Gasteiger partial charge >= 0.3 is 0 Å². The van der Waals surface area contributed by atoms with Crippen LogP contribution in [0.3, 0.4) is 0 Å². The molecule has 0 unspecified atom stereocenters. The average Bonchev–Trinajstić information content (AvgIpc) is 3.24.